The van der Waals surface area contributed by atoms with E-state index in [4.69, 9.17) is 4.74 Å². The van der Waals surface area contributed by atoms with Gasteiger partial charge in [0.15, 0.2) is 0 Å². The largest absolute Gasteiger partial charge is 0.462 e. The molecule has 0 amide bonds. The van der Waals surface area contributed by atoms with E-state index in [0.29, 0.717) is 5.92 Å². The fraction of sp³-hybridized carbons (Fsp3) is 0.538. The standard InChI is InChI=1S/C13H17NO3/c1-3-17-13(16)10-7-9-6-8(2)4-5-11(9)14-12(10)15/h7-8H,3-6H2,1-2H3,(H,14,15). The zero-order valence-corrected chi connectivity index (χ0v) is 10.2. The predicted octanol–water partition coefficient (Wildman–Crippen LogP) is 1.68. The van der Waals surface area contributed by atoms with Crippen LogP contribution in [0.1, 0.15) is 41.9 Å². The molecular weight excluding hydrogens is 218 g/mol. The molecule has 1 aliphatic rings. The molecule has 17 heavy (non-hydrogen) atoms. The van der Waals surface area contributed by atoms with Crippen molar-refractivity contribution in [3.8, 4) is 0 Å². The van der Waals surface area contributed by atoms with Gasteiger partial charge in [0.25, 0.3) is 5.56 Å². The topological polar surface area (TPSA) is 59.2 Å². The molecule has 1 unspecified atom stereocenters. The molecule has 4 heteroatoms. The number of carbonyl (C=O) groups excluding carboxylic acids is 1. The molecule has 0 saturated heterocycles. The van der Waals surface area contributed by atoms with E-state index < -0.39 is 5.97 Å². The summed E-state index contributed by atoms with van der Waals surface area (Å²) in [5, 5.41) is 0. The SMILES string of the molecule is CCOC(=O)c1cc2c([nH]c1=O)CCC(C)C2. The number of esters is 1. The van der Waals surface area contributed by atoms with Gasteiger partial charge in [-0.3, -0.25) is 4.79 Å². The van der Waals surface area contributed by atoms with Gasteiger partial charge >= 0.3 is 5.97 Å². The molecule has 0 radical (unpaired) electrons. The van der Waals surface area contributed by atoms with Crippen molar-refractivity contribution < 1.29 is 9.53 Å². The maximum absolute atomic E-state index is 11.7. The number of rotatable bonds is 2. The highest BCUT2D eigenvalue weighted by molar-refractivity contribution is 5.89. The Balaban J connectivity index is 2.39. The second-order valence-corrected chi connectivity index (χ2v) is 4.58. The number of pyridine rings is 1. The summed E-state index contributed by atoms with van der Waals surface area (Å²) in [6, 6.07) is 1.70. The second kappa shape index (κ2) is 4.73. The van der Waals surface area contributed by atoms with Crippen molar-refractivity contribution in [3.05, 3.63) is 33.2 Å². The Morgan fingerprint density at radius 3 is 3.06 bits per heavy atom. The van der Waals surface area contributed by atoms with Gasteiger partial charge in [-0.25, -0.2) is 4.79 Å². The van der Waals surface area contributed by atoms with Gasteiger partial charge in [0.05, 0.1) is 6.61 Å². The van der Waals surface area contributed by atoms with Crippen LogP contribution in [0.25, 0.3) is 0 Å². The van der Waals surface area contributed by atoms with Crippen LogP contribution >= 0.6 is 0 Å². The average Bonchev–Trinajstić information content (AvgIpc) is 2.29. The number of hydrogen-bond donors (Lipinski definition) is 1. The molecule has 2 rings (SSSR count). The molecule has 0 spiro atoms. The van der Waals surface area contributed by atoms with E-state index in [2.05, 4.69) is 11.9 Å². The lowest BCUT2D eigenvalue weighted by molar-refractivity contribution is 0.0524. The van der Waals surface area contributed by atoms with Gasteiger partial charge < -0.3 is 9.72 Å². The van der Waals surface area contributed by atoms with Crippen LogP contribution in [0.5, 0.6) is 0 Å². The smallest absolute Gasteiger partial charge is 0.343 e. The van der Waals surface area contributed by atoms with Gasteiger partial charge in [0, 0.05) is 5.69 Å². The maximum Gasteiger partial charge on any atom is 0.343 e. The van der Waals surface area contributed by atoms with Crippen molar-refractivity contribution in [1.29, 1.82) is 0 Å². The van der Waals surface area contributed by atoms with Gasteiger partial charge in [-0.15, -0.1) is 0 Å². The van der Waals surface area contributed by atoms with E-state index in [1.807, 2.05) is 0 Å². The lowest BCUT2D eigenvalue weighted by Crippen LogP contribution is -2.25. The van der Waals surface area contributed by atoms with Crippen molar-refractivity contribution in [2.24, 2.45) is 5.92 Å². The van der Waals surface area contributed by atoms with E-state index in [1.165, 1.54) is 0 Å². The predicted molar refractivity (Wildman–Crippen MR) is 64.2 cm³/mol. The number of fused-ring (bicyclic) bond motifs is 1. The molecule has 0 fully saturated rings. The number of carbonyl (C=O) groups is 1. The van der Waals surface area contributed by atoms with E-state index in [-0.39, 0.29) is 17.7 Å². The third-order valence-corrected chi connectivity index (χ3v) is 3.17. The molecule has 0 aliphatic heterocycles. The van der Waals surface area contributed by atoms with Gasteiger partial charge in [-0.05, 0) is 43.7 Å². The van der Waals surface area contributed by atoms with E-state index in [9.17, 15) is 9.59 Å². The molecule has 4 nitrogen and oxygen atoms in total. The molecule has 1 aromatic heterocycles. The van der Waals surface area contributed by atoms with Crippen LogP contribution in [0.15, 0.2) is 10.9 Å². The quantitative estimate of drug-likeness (QED) is 0.793. The van der Waals surface area contributed by atoms with E-state index in [1.54, 1.807) is 13.0 Å². The number of aryl methyl sites for hydroxylation is 1. The molecule has 1 aliphatic carbocycles. The third-order valence-electron chi connectivity index (χ3n) is 3.17. The summed E-state index contributed by atoms with van der Waals surface area (Å²) in [7, 11) is 0. The molecule has 1 heterocycles. The van der Waals surface area contributed by atoms with Crippen molar-refractivity contribution in [3.63, 3.8) is 0 Å². The minimum atomic E-state index is -0.533. The van der Waals surface area contributed by atoms with Gasteiger partial charge in [0.1, 0.15) is 5.56 Å². The molecule has 92 valence electrons. The van der Waals surface area contributed by atoms with Crippen LogP contribution in [0, 0.1) is 5.92 Å². The van der Waals surface area contributed by atoms with E-state index in [0.717, 1.165) is 30.5 Å². The zero-order chi connectivity index (χ0) is 12.4. The summed E-state index contributed by atoms with van der Waals surface area (Å²) >= 11 is 0. The Labute approximate surface area is 100 Å². The maximum atomic E-state index is 11.7. The Morgan fingerprint density at radius 2 is 2.35 bits per heavy atom. The Bertz CT molecular complexity index is 490. The summed E-state index contributed by atoms with van der Waals surface area (Å²) in [6.45, 7) is 4.19. The number of H-pyrrole nitrogens is 1. The van der Waals surface area contributed by atoms with Crippen LogP contribution in [0.2, 0.25) is 0 Å². The minimum Gasteiger partial charge on any atom is -0.462 e. The molecular formula is C13H17NO3. The Hall–Kier alpha value is -1.58. The first kappa shape index (κ1) is 11.9. The number of hydrogen-bond acceptors (Lipinski definition) is 3. The molecule has 0 bridgehead atoms. The van der Waals surface area contributed by atoms with Crippen molar-refractivity contribution in [1.82, 2.24) is 4.98 Å². The van der Waals surface area contributed by atoms with Crippen LogP contribution in [-0.2, 0) is 17.6 Å². The summed E-state index contributed by atoms with van der Waals surface area (Å²) in [4.78, 5) is 26.1. The fourth-order valence-corrected chi connectivity index (χ4v) is 2.25. The molecule has 0 saturated carbocycles. The Morgan fingerprint density at radius 1 is 1.59 bits per heavy atom. The van der Waals surface area contributed by atoms with Crippen LogP contribution in [-0.4, -0.2) is 17.6 Å². The van der Waals surface area contributed by atoms with Crippen molar-refractivity contribution in [2.45, 2.75) is 33.1 Å². The van der Waals surface area contributed by atoms with Crippen LogP contribution < -0.4 is 5.56 Å². The number of aromatic nitrogens is 1. The summed E-state index contributed by atoms with van der Waals surface area (Å²) in [6.07, 6.45) is 2.88. The summed E-state index contributed by atoms with van der Waals surface area (Å²) in [5.41, 5.74) is 1.84. The zero-order valence-electron chi connectivity index (χ0n) is 10.2. The Kier molecular flexibility index (Phi) is 3.31. The van der Waals surface area contributed by atoms with Crippen molar-refractivity contribution >= 4 is 5.97 Å². The van der Waals surface area contributed by atoms with Gasteiger partial charge in [-0.2, -0.15) is 0 Å². The lowest BCUT2D eigenvalue weighted by Gasteiger charge is -2.21. The fourth-order valence-electron chi connectivity index (χ4n) is 2.25. The molecule has 0 aromatic carbocycles. The lowest BCUT2D eigenvalue weighted by atomic mass is 9.87. The first-order valence-corrected chi connectivity index (χ1v) is 6.04. The molecule has 1 atom stereocenters. The first-order valence-electron chi connectivity index (χ1n) is 6.04. The number of aromatic amines is 1. The minimum absolute atomic E-state index is 0.125. The highest BCUT2D eigenvalue weighted by Gasteiger charge is 2.20. The van der Waals surface area contributed by atoms with Crippen molar-refractivity contribution in [2.75, 3.05) is 6.61 Å². The summed E-state index contributed by atoms with van der Waals surface area (Å²) < 4.78 is 4.87. The van der Waals surface area contributed by atoms with E-state index >= 15 is 0 Å². The molecule has 1 N–H and O–H groups in total. The molecule has 1 aromatic rings. The highest BCUT2D eigenvalue weighted by atomic mass is 16.5. The number of nitrogens with one attached hydrogen (secondary N) is 1. The van der Waals surface area contributed by atoms with Gasteiger partial charge in [-0.1, -0.05) is 6.92 Å². The van der Waals surface area contributed by atoms with Gasteiger partial charge in [0.2, 0.25) is 0 Å². The highest BCUT2D eigenvalue weighted by Crippen LogP contribution is 2.23. The summed E-state index contributed by atoms with van der Waals surface area (Å²) in [5.74, 6) is 0.0678. The number of ether oxygens (including phenoxy) is 1. The first-order chi connectivity index (χ1) is 8.11. The van der Waals surface area contributed by atoms with Crippen LogP contribution in [0.4, 0.5) is 0 Å². The average molecular weight is 235 g/mol. The second-order valence-electron chi connectivity index (χ2n) is 4.58. The third kappa shape index (κ3) is 2.40. The van der Waals surface area contributed by atoms with Crippen LogP contribution in [0.3, 0.4) is 0 Å². The monoisotopic (exact) mass is 235 g/mol. The normalized spacial score (nSPS) is 18.6.